The minimum Gasteiger partial charge on any atom is -0.493 e. The number of methoxy groups -OCH3 is 1. The van der Waals surface area contributed by atoms with Gasteiger partial charge in [-0.25, -0.2) is 4.39 Å². The molecule has 1 aromatic heterocycles. The summed E-state index contributed by atoms with van der Waals surface area (Å²) in [5.74, 6) is 1.10. The van der Waals surface area contributed by atoms with E-state index in [-0.39, 0.29) is 23.9 Å². The van der Waals surface area contributed by atoms with Gasteiger partial charge in [0.2, 0.25) is 0 Å². The summed E-state index contributed by atoms with van der Waals surface area (Å²) >= 11 is 1.12. The predicted octanol–water partition coefficient (Wildman–Crippen LogP) is 4.32. The van der Waals surface area contributed by atoms with Crippen molar-refractivity contribution < 1.29 is 23.4 Å². The lowest BCUT2D eigenvalue weighted by Gasteiger charge is -2.35. The number of rotatable bonds is 6. The molecule has 1 aliphatic rings. The van der Waals surface area contributed by atoms with E-state index in [1.54, 1.807) is 35.2 Å². The lowest BCUT2D eigenvalue weighted by molar-refractivity contribution is -0.0586. The molecule has 4 rings (SSSR count). The van der Waals surface area contributed by atoms with Gasteiger partial charge in [0.15, 0.2) is 17.3 Å². The van der Waals surface area contributed by atoms with Crippen molar-refractivity contribution in [1.82, 2.24) is 14.3 Å². The molecule has 1 saturated heterocycles. The first-order valence-electron chi connectivity index (χ1n) is 10.3. The number of amides is 1. The molecule has 1 fully saturated rings. The standard InChI is InChI=1S/C23H24FN3O4S/c1-14-12-27(13-15(2)30-14)22(28)17-6-9-19(20(11-17)29-3)31-23-25-21(26-32-23)10-16-4-7-18(24)8-5-16/h4-9,11,14-15H,10,12-13H2,1-3H3. The van der Waals surface area contributed by atoms with Gasteiger partial charge < -0.3 is 19.1 Å². The molecule has 2 aromatic carbocycles. The molecule has 2 heterocycles. The average molecular weight is 458 g/mol. The van der Waals surface area contributed by atoms with Gasteiger partial charge in [-0.3, -0.25) is 4.79 Å². The van der Waals surface area contributed by atoms with E-state index in [1.807, 2.05) is 13.8 Å². The molecule has 3 aromatic rings. The van der Waals surface area contributed by atoms with Crippen LogP contribution in [0.15, 0.2) is 42.5 Å². The fourth-order valence-electron chi connectivity index (χ4n) is 3.64. The Hall–Kier alpha value is -3.04. The summed E-state index contributed by atoms with van der Waals surface area (Å²) in [6.45, 7) is 5.01. The Labute approximate surface area is 189 Å². The third kappa shape index (κ3) is 5.23. The molecular formula is C23H24FN3O4S. The zero-order valence-electron chi connectivity index (χ0n) is 18.1. The number of ether oxygens (including phenoxy) is 3. The van der Waals surface area contributed by atoms with E-state index in [1.165, 1.54) is 19.2 Å². The van der Waals surface area contributed by atoms with Crippen LogP contribution in [0.5, 0.6) is 16.7 Å². The number of benzene rings is 2. The van der Waals surface area contributed by atoms with E-state index in [0.29, 0.717) is 47.6 Å². The van der Waals surface area contributed by atoms with Crippen LogP contribution in [0.2, 0.25) is 0 Å². The van der Waals surface area contributed by atoms with Crippen molar-refractivity contribution in [1.29, 1.82) is 0 Å². The average Bonchev–Trinajstić information content (AvgIpc) is 3.21. The Balaban J connectivity index is 1.46. The lowest BCUT2D eigenvalue weighted by atomic mass is 10.1. The quantitative estimate of drug-likeness (QED) is 0.549. The normalized spacial score (nSPS) is 18.4. The Kier molecular flexibility index (Phi) is 6.66. The van der Waals surface area contributed by atoms with Crippen LogP contribution in [0.4, 0.5) is 4.39 Å². The molecule has 0 radical (unpaired) electrons. The van der Waals surface area contributed by atoms with Crippen molar-refractivity contribution in [2.75, 3.05) is 20.2 Å². The van der Waals surface area contributed by atoms with E-state index in [4.69, 9.17) is 14.2 Å². The van der Waals surface area contributed by atoms with Gasteiger partial charge in [0.1, 0.15) is 5.82 Å². The smallest absolute Gasteiger partial charge is 0.298 e. The molecule has 0 bridgehead atoms. The second-order valence-corrected chi connectivity index (χ2v) is 8.43. The molecule has 32 heavy (non-hydrogen) atoms. The molecule has 0 spiro atoms. The minimum atomic E-state index is -0.282. The first-order chi connectivity index (χ1) is 15.4. The van der Waals surface area contributed by atoms with Crippen LogP contribution < -0.4 is 9.47 Å². The van der Waals surface area contributed by atoms with Crippen molar-refractivity contribution in [2.45, 2.75) is 32.5 Å². The van der Waals surface area contributed by atoms with Gasteiger partial charge in [0.05, 0.1) is 19.3 Å². The Morgan fingerprint density at radius 1 is 1.16 bits per heavy atom. The summed E-state index contributed by atoms with van der Waals surface area (Å²) in [6.07, 6.45) is 0.462. The Morgan fingerprint density at radius 2 is 1.88 bits per heavy atom. The largest absolute Gasteiger partial charge is 0.493 e. The molecule has 1 amide bonds. The zero-order chi connectivity index (χ0) is 22.7. The highest BCUT2D eigenvalue weighted by atomic mass is 32.1. The Bertz CT molecular complexity index is 1080. The van der Waals surface area contributed by atoms with Gasteiger partial charge in [0, 0.05) is 36.6 Å². The van der Waals surface area contributed by atoms with Crippen molar-refractivity contribution in [3.63, 3.8) is 0 Å². The van der Waals surface area contributed by atoms with Gasteiger partial charge >= 0.3 is 0 Å². The number of carbonyl (C=O) groups excluding carboxylic acids is 1. The van der Waals surface area contributed by atoms with Crippen LogP contribution in [0.1, 0.15) is 35.6 Å². The minimum absolute atomic E-state index is 0.00582. The van der Waals surface area contributed by atoms with E-state index in [9.17, 15) is 9.18 Å². The van der Waals surface area contributed by atoms with E-state index < -0.39 is 0 Å². The second-order valence-electron chi connectivity index (χ2n) is 7.71. The topological polar surface area (TPSA) is 73.8 Å². The highest BCUT2D eigenvalue weighted by Crippen LogP contribution is 2.33. The van der Waals surface area contributed by atoms with E-state index in [0.717, 1.165) is 17.1 Å². The fourth-order valence-corrected chi connectivity index (χ4v) is 4.20. The molecule has 7 nitrogen and oxygen atoms in total. The molecule has 2 atom stereocenters. The molecule has 2 unspecified atom stereocenters. The summed E-state index contributed by atoms with van der Waals surface area (Å²) in [6, 6.07) is 11.3. The van der Waals surface area contributed by atoms with Crippen LogP contribution in [-0.2, 0) is 11.2 Å². The summed E-state index contributed by atoms with van der Waals surface area (Å²) in [4.78, 5) is 19.1. The Morgan fingerprint density at radius 3 is 2.56 bits per heavy atom. The maximum absolute atomic E-state index is 13.1. The molecule has 0 aliphatic carbocycles. The fraction of sp³-hybridized carbons (Fsp3) is 0.348. The van der Waals surface area contributed by atoms with Crippen LogP contribution in [0, 0.1) is 5.82 Å². The van der Waals surface area contributed by atoms with Gasteiger partial charge in [-0.15, -0.1) is 0 Å². The van der Waals surface area contributed by atoms with Crippen LogP contribution >= 0.6 is 11.5 Å². The number of morpholine rings is 1. The monoisotopic (exact) mass is 457 g/mol. The predicted molar refractivity (Wildman–Crippen MR) is 118 cm³/mol. The summed E-state index contributed by atoms with van der Waals surface area (Å²) in [5.41, 5.74) is 1.42. The van der Waals surface area contributed by atoms with Crippen molar-refractivity contribution >= 4 is 17.4 Å². The van der Waals surface area contributed by atoms with Gasteiger partial charge in [-0.2, -0.15) is 9.36 Å². The maximum Gasteiger partial charge on any atom is 0.298 e. The summed E-state index contributed by atoms with van der Waals surface area (Å²) in [7, 11) is 1.52. The van der Waals surface area contributed by atoms with Crippen LogP contribution in [0.25, 0.3) is 0 Å². The van der Waals surface area contributed by atoms with E-state index in [2.05, 4.69) is 9.36 Å². The maximum atomic E-state index is 13.1. The molecule has 9 heteroatoms. The number of carbonyl (C=O) groups is 1. The number of hydrogen-bond donors (Lipinski definition) is 0. The van der Waals surface area contributed by atoms with E-state index >= 15 is 0 Å². The third-order valence-corrected chi connectivity index (χ3v) is 5.67. The first kappa shape index (κ1) is 22.2. The van der Waals surface area contributed by atoms with Crippen molar-refractivity contribution in [3.05, 3.63) is 65.2 Å². The second kappa shape index (κ2) is 9.62. The van der Waals surface area contributed by atoms with Gasteiger partial charge in [-0.05, 0) is 49.7 Å². The third-order valence-electron chi connectivity index (χ3n) is 5.04. The highest BCUT2D eigenvalue weighted by molar-refractivity contribution is 7.07. The first-order valence-corrected chi connectivity index (χ1v) is 11.1. The number of halogens is 1. The molecule has 0 saturated carbocycles. The molecular weight excluding hydrogens is 433 g/mol. The number of nitrogens with zero attached hydrogens (tertiary/aromatic N) is 3. The number of aromatic nitrogens is 2. The van der Waals surface area contributed by atoms with Gasteiger partial charge in [-0.1, -0.05) is 12.1 Å². The highest BCUT2D eigenvalue weighted by Gasteiger charge is 2.27. The molecule has 1 aliphatic heterocycles. The van der Waals surface area contributed by atoms with Crippen LogP contribution in [0.3, 0.4) is 0 Å². The number of hydrogen-bond acceptors (Lipinski definition) is 7. The van der Waals surface area contributed by atoms with Crippen LogP contribution in [-0.4, -0.2) is 52.6 Å². The summed E-state index contributed by atoms with van der Waals surface area (Å²) in [5, 5.41) is 0.357. The SMILES string of the molecule is COc1cc(C(=O)N2CC(C)OC(C)C2)ccc1Oc1nc(Cc2ccc(F)cc2)ns1. The zero-order valence-corrected chi connectivity index (χ0v) is 18.9. The lowest BCUT2D eigenvalue weighted by Crippen LogP contribution is -2.48. The molecule has 0 N–H and O–H groups in total. The van der Waals surface area contributed by atoms with Crippen molar-refractivity contribution in [2.24, 2.45) is 0 Å². The molecule has 168 valence electrons. The van der Waals surface area contributed by atoms with Gasteiger partial charge in [0.25, 0.3) is 11.1 Å². The van der Waals surface area contributed by atoms with Crippen molar-refractivity contribution in [3.8, 4) is 16.7 Å². The summed E-state index contributed by atoms with van der Waals surface area (Å²) < 4.78 is 34.4.